The third-order valence-corrected chi connectivity index (χ3v) is 4.58. The summed E-state index contributed by atoms with van der Waals surface area (Å²) in [7, 11) is 0. The minimum absolute atomic E-state index is 0.109. The fourth-order valence-corrected chi connectivity index (χ4v) is 2.82. The third kappa shape index (κ3) is 5.27. The van der Waals surface area contributed by atoms with Crippen molar-refractivity contribution in [3.8, 4) is 0 Å². The molecule has 0 aromatic heterocycles. The van der Waals surface area contributed by atoms with E-state index >= 15 is 0 Å². The Morgan fingerprint density at radius 2 is 1.91 bits per heavy atom. The van der Waals surface area contributed by atoms with Crippen LogP contribution in [0.1, 0.15) is 39.5 Å². The van der Waals surface area contributed by atoms with Crippen molar-refractivity contribution in [3.63, 3.8) is 0 Å². The number of para-hydroxylation sites is 1. The van der Waals surface area contributed by atoms with Crippen molar-refractivity contribution in [1.82, 2.24) is 10.6 Å². The maximum Gasteiger partial charge on any atom is 0.246 e. The molecule has 0 bridgehead atoms. The Morgan fingerprint density at radius 1 is 1.17 bits per heavy atom. The zero-order valence-corrected chi connectivity index (χ0v) is 14.2. The molecule has 126 valence electrons. The summed E-state index contributed by atoms with van der Waals surface area (Å²) in [5, 5.41) is 9.44. The average Bonchev–Trinajstić information content (AvgIpc) is 2.53. The summed E-state index contributed by atoms with van der Waals surface area (Å²) in [5.74, 6) is 0.609. The first-order valence-corrected chi connectivity index (χ1v) is 8.54. The van der Waals surface area contributed by atoms with Gasteiger partial charge in [0.1, 0.15) is 6.54 Å². The molecule has 1 amide bonds. The topological polar surface area (TPSA) is 65.5 Å². The lowest BCUT2D eigenvalue weighted by Gasteiger charge is -2.41. The van der Waals surface area contributed by atoms with Gasteiger partial charge in [-0.15, -0.1) is 0 Å². The van der Waals surface area contributed by atoms with E-state index in [9.17, 15) is 4.79 Å². The predicted molar refractivity (Wildman–Crippen MR) is 95.6 cm³/mol. The van der Waals surface area contributed by atoms with Crippen molar-refractivity contribution < 1.29 is 4.79 Å². The lowest BCUT2D eigenvalue weighted by atomic mass is 9.67. The predicted octanol–water partition coefficient (Wildman–Crippen LogP) is 2.76. The molecule has 0 unspecified atom stereocenters. The van der Waals surface area contributed by atoms with Crippen molar-refractivity contribution in [2.45, 2.75) is 39.5 Å². The molecule has 0 heterocycles. The van der Waals surface area contributed by atoms with Crippen molar-refractivity contribution >= 4 is 17.6 Å². The quantitative estimate of drug-likeness (QED) is 0.535. The molecule has 1 fully saturated rings. The highest BCUT2D eigenvalue weighted by molar-refractivity contribution is 5.94. The van der Waals surface area contributed by atoms with Crippen LogP contribution >= 0.6 is 0 Å². The molecule has 3 N–H and O–H groups in total. The molecule has 1 aromatic carbocycles. The van der Waals surface area contributed by atoms with E-state index < -0.39 is 0 Å². The summed E-state index contributed by atoms with van der Waals surface area (Å²) in [6.07, 6.45) is 5.07. The Balaban J connectivity index is 1.84. The normalized spacial score (nSPS) is 16.3. The van der Waals surface area contributed by atoms with E-state index in [-0.39, 0.29) is 12.5 Å². The van der Waals surface area contributed by atoms with Gasteiger partial charge < -0.3 is 16.0 Å². The van der Waals surface area contributed by atoms with Crippen LogP contribution in [0, 0.1) is 5.41 Å². The lowest BCUT2D eigenvalue weighted by molar-refractivity contribution is -0.114. The highest BCUT2D eigenvalue weighted by Gasteiger charge is 2.34. The van der Waals surface area contributed by atoms with E-state index in [1.165, 1.54) is 25.7 Å². The monoisotopic (exact) mass is 316 g/mol. The van der Waals surface area contributed by atoms with Crippen molar-refractivity contribution in [3.05, 3.63) is 30.3 Å². The second kappa shape index (κ2) is 8.56. The standard InChI is InChI=1S/C18H28N4O/c1-3-18(11-8-12-18)14-21-17(19-4-2)20-13-16(23)22-15-9-6-5-7-10-15/h5-7,9-10H,3-4,8,11-14H2,1-2H3,(H,22,23)(H2,19,20,21). The van der Waals surface area contributed by atoms with Gasteiger partial charge in [0.05, 0.1) is 0 Å². The van der Waals surface area contributed by atoms with Gasteiger partial charge in [-0.3, -0.25) is 4.79 Å². The van der Waals surface area contributed by atoms with Gasteiger partial charge in [-0.25, -0.2) is 4.99 Å². The Morgan fingerprint density at radius 3 is 2.48 bits per heavy atom. The maximum atomic E-state index is 12.0. The van der Waals surface area contributed by atoms with Crippen molar-refractivity contribution in [2.75, 3.05) is 25.0 Å². The summed E-state index contributed by atoms with van der Waals surface area (Å²) in [4.78, 5) is 16.4. The molecule has 1 aliphatic carbocycles. The molecule has 0 saturated heterocycles. The van der Waals surface area contributed by atoms with Crippen LogP contribution in [0.25, 0.3) is 0 Å². The number of hydrogen-bond acceptors (Lipinski definition) is 2. The van der Waals surface area contributed by atoms with Gasteiger partial charge >= 0.3 is 0 Å². The summed E-state index contributed by atoms with van der Waals surface area (Å²) >= 11 is 0. The number of anilines is 1. The molecule has 0 aliphatic heterocycles. The zero-order valence-electron chi connectivity index (χ0n) is 14.2. The summed E-state index contributed by atoms with van der Waals surface area (Å²) < 4.78 is 0. The summed E-state index contributed by atoms with van der Waals surface area (Å²) in [6.45, 7) is 6.10. The Kier molecular flexibility index (Phi) is 6.44. The molecule has 2 rings (SSSR count). The molecule has 0 spiro atoms. The fourth-order valence-electron chi connectivity index (χ4n) is 2.82. The van der Waals surface area contributed by atoms with E-state index in [2.05, 4.69) is 27.9 Å². The first-order valence-electron chi connectivity index (χ1n) is 8.54. The van der Waals surface area contributed by atoms with E-state index in [4.69, 9.17) is 0 Å². The van der Waals surface area contributed by atoms with Gasteiger partial charge in [-0.1, -0.05) is 31.5 Å². The third-order valence-electron chi connectivity index (χ3n) is 4.58. The highest BCUT2D eigenvalue weighted by atomic mass is 16.1. The number of amides is 1. The van der Waals surface area contributed by atoms with Crippen LogP contribution in [0.3, 0.4) is 0 Å². The average molecular weight is 316 g/mol. The van der Waals surface area contributed by atoms with Gasteiger partial charge in [-0.05, 0) is 43.7 Å². The molecule has 0 radical (unpaired) electrons. The number of carbonyl (C=O) groups excluding carboxylic acids is 1. The van der Waals surface area contributed by atoms with Gasteiger partial charge in [0.2, 0.25) is 5.91 Å². The van der Waals surface area contributed by atoms with E-state index in [1.54, 1.807) is 0 Å². The van der Waals surface area contributed by atoms with Gasteiger partial charge in [0.15, 0.2) is 5.96 Å². The highest BCUT2D eigenvalue weighted by Crippen LogP contribution is 2.42. The molecule has 1 aliphatic rings. The largest absolute Gasteiger partial charge is 0.357 e. The number of carbonyl (C=O) groups is 1. The first-order chi connectivity index (χ1) is 11.2. The fraction of sp³-hybridized carbons (Fsp3) is 0.556. The number of hydrogen-bond donors (Lipinski definition) is 3. The maximum absolute atomic E-state index is 12.0. The first kappa shape index (κ1) is 17.3. The van der Waals surface area contributed by atoms with Gasteiger partial charge in [0.25, 0.3) is 0 Å². The SMILES string of the molecule is CCNC(=NCC(=O)Nc1ccccc1)NCC1(CC)CCC1. The summed E-state index contributed by atoms with van der Waals surface area (Å²) in [5.41, 5.74) is 1.22. The van der Waals surface area contributed by atoms with Gasteiger partial charge in [-0.2, -0.15) is 0 Å². The molecule has 5 nitrogen and oxygen atoms in total. The number of nitrogens with one attached hydrogen (secondary N) is 3. The number of guanidine groups is 1. The molecule has 23 heavy (non-hydrogen) atoms. The number of nitrogens with zero attached hydrogens (tertiary/aromatic N) is 1. The Labute approximate surface area is 139 Å². The molecule has 1 saturated carbocycles. The minimum atomic E-state index is -0.109. The van der Waals surface area contributed by atoms with Crippen LogP contribution in [0.2, 0.25) is 0 Å². The summed E-state index contributed by atoms with van der Waals surface area (Å²) in [6, 6.07) is 9.45. The lowest BCUT2D eigenvalue weighted by Crippen LogP contribution is -2.46. The van der Waals surface area contributed by atoms with Crippen molar-refractivity contribution in [2.24, 2.45) is 10.4 Å². The van der Waals surface area contributed by atoms with E-state index in [0.29, 0.717) is 5.41 Å². The van der Waals surface area contributed by atoms with Crippen LogP contribution < -0.4 is 16.0 Å². The molecular formula is C18H28N4O. The smallest absolute Gasteiger partial charge is 0.246 e. The molecule has 0 atom stereocenters. The molecular weight excluding hydrogens is 288 g/mol. The van der Waals surface area contributed by atoms with Crippen molar-refractivity contribution in [1.29, 1.82) is 0 Å². The second-order valence-corrected chi connectivity index (χ2v) is 6.17. The second-order valence-electron chi connectivity index (χ2n) is 6.17. The van der Waals surface area contributed by atoms with Crippen LogP contribution in [0.5, 0.6) is 0 Å². The van der Waals surface area contributed by atoms with Crippen LogP contribution in [0.15, 0.2) is 35.3 Å². The number of rotatable bonds is 7. The Bertz CT molecular complexity index is 518. The van der Waals surface area contributed by atoms with Crippen LogP contribution in [-0.4, -0.2) is 31.5 Å². The van der Waals surface area contributed by atoms with E-state index in [0.717, 1.165) is 24.7 Å². The Hall–Kier alpha value is -2.04. The van der Waals surface area contributed by atoms with Crippen LogP contribution in [-0.2, 0) is 4.79 Å². The number of aliphatic imine (C=N–C) groups is 1. The van der Waals surface area contributed by atoms with Gasteiger partial charge in [0, 0.05) is 18.8 Å². The zero-order chi connectivity index (χ0) is 16.5. The molecule has 1 aromatic rings. The van der Waals surface area contributed by atoms with E-state index in [1.807, 2.05) is 37.3 Å². The number of benzene rings is 1. The molecule has 5 heteroatoms. The van der Waals surface area contributed by atoms with Crippen LogP contribution in [0.4, 0.5) is 5.69 Å². The minimum Gasteiger partial charge on any atom is -0.357 e.